The molecule has 1 unspecified atom stereocenters. The molecular weight excluding hydrogens is 164 g/mol. The van der Waals surface area contributed by atoms with Gasteiger partial charge < -0.3 is 0 Å². The van der Waals surface area contributed by atoms with Crippen LogP contribution in [-0.2, 0) is 4.89 Å². The van der Waals surface area contributed by atoms with Gasteiger partial charge in [-0.15, -0.1) is 0 Å². The number of hydrogen-bond donors (Lipinski definition) is 1. The molecule has 0 rings (SSSR count). The van der Waals surface area contributed by atoms with Gasteiger partial charge in [0.15, 0.2) is 0 Å². The summed E-state index contributed by atoms with van der Waals surface area (Å²) in [6.45, 7) is 13.6. The SMILES string of the molecule is CC(C)(C)CC(COO)C(C)(C)C. The molecule has 1 atom stereocenters. The average molecular weight is 188 g/mol. The third kappa shape index (κ3) is 6.05. The highest BCUT2D eigenvalue weighted by molar-refractivity contribution is 4.78. The molecule has 0 fully saturated rings. The fourth-order valence-corrected chi connectivity index (χ4v) is 1.44. The van der Waals surface area contributed by atoms with Crippen molar-refractivity contribution < 1.29 is 10.1 Å². The van der Waals surface area contributed by atoms with Crippen LogP contribution in [0.25, 0.3) is 0 Å². The summed E-state index contributed by atoms with van der Waals surface area (Å²) >= 11 is 0. The Morgan fingerprint density at radius 3 is 1.77 bits per heavy atom. The van der Waals surface area contributed by atoms with Crippen LogP contribution in [-0.4, -0.2) is 11.9 Å². The van der Waals surface area contributed by atoms with Crippen LogP contribution >= 0.6 is 0 Å². The van der Waals surface area contributed by atoms with Gasteiger partial charge in [0.25, 0.3) is 0 Å². The van der Waals surface area contributed by atoms with Crippen molar-refractivity contribution in [3.8, 4) is 0 Å². The maximum atomic E-state index is 8.50. The van der Waals surface area contributed by atoms with E-state index < -0.39 is 0 Å². The van der Waals surface area contributed by atoms with Crippen molar-refractivity contribution >= 4 is 0 Å². The summed E-state index contributed by atoms with van der Waals surface area (Å²) in [6.07, 6.45) is 1.07. The lowest BCUT2D eigenvalue weighted by Crippen LogP contribution is -2.29. The van der Waals surface area contributed by atoms with E-state index in [-0.39, 0.29) is 10.8 Å². The summed E-state index contributed by atoms with van der Waals surface area (Å²) in [6, 6.07) is 0. The first kappa shape index (κ1) is 12.9. The van der Waals surface area contributed by atoms with Crippen LogP contribution in [0.15, 0.2) is 0 Å². The average Bonchev–Trinajstić information content (AvgIpc) is 1.81. The smallest absolute Gasteiger partial charge is 0.0853 e. The Morgan fingerprint density at radius 1 is 1.08 bits per heavy atom. The molecule has 0 saturated heterocycles. The van der Waals surface area contributed by atoms with E-state index in [0.717, 1.165) is 6.42 Å². The minimum absolute atomic E-state index is 0.190. The fraction of sp³-hybridized carbons (Fsp3) is 1.00. The van der Waals surface area contributed by atoms with Crippen LogP contribution < -0.4 is 0 Å². The molecule has 0 aromatic rings. The zero-order valence-electron chi connectivity index (χ0n) is 9.85. The molecule has 0 spiro atoms. The van der Waals surface area contributed by atoms with Gasteiger partial charge in [0.2, 0.25) is 0 Å². The van der Waals surface area contributed by atoms with E-state index >= 15 is 0 Å². The summed E-state index contributed by atoms with van der Waals surface area (Å²) in [5.41, 5.74) is 0.479. The lowest BCUT2D eigenvalue weighted by Gasteiger charge is -2.34. The predicted molar refractivity (Wildman–Crippen MR) is 55.6 cm³/mol. The van der Waals surface area contributed by atoms with E-state index in [1.807, 2.05) is 0 Å². The summed E-state index contributed by atoms with van der Waals surface area (Å²) < 4.78 is 0. The van der Waals surface area contributed by atoms with E-state index in [2.05, 4.69) is 46.4 Å². The van der Waals surface area contributed by atoms with Crippen molar-refractivity contribution in [1.29, 1.82) is 0 Å². The highest BCUT2D eigenvalue weighted by Crippen LogP contribution is 2.35. The molecule has 0 aliphatic rings. The Bertz CT molecular complexity index is 139. The van der Waals surface area contributed by atoms with Gasteiger partial charge in [-0.2, -0.15) is 0 Å². The van der Waals surface area contributed by atoms with E-state index in [1.54, 1.807) is 0 Å². The molecule has 2 heteroatoms. The third-order valence-corrected chi connectivity index (χ3v) is 2.36. The number of rotatable bonds is 3. The standard InChI is InChI=1S/C11H24O2/c1-10(2,3)7-9(8-13-12)11(4,5)6/h9,12H,7-8H2,1-6H3. The molecule has 0 heterocycles. The lowest BCUT2D eigenvalue weighted by molar-refractivity contribution is -0.258. The number of hydrogen-bond acceptors (Lipinski definition) is 2. The quantitative estimate of drug-likeness (QED) is 0.542. The zero-order valence-corrected chi connectivity index (χ0v) is 9.85. The summed E-state index contributed by atoms with van der Waals surface area (Å²) in [7, 11) is 0. The molecular formula is C11H24O2. The molecule has 0 radical (unpaired) electrons. The first-order valence-electron chi connectivity index (χ1n) is 4.93. The molecule has 0 aromatic carbocycles. The Balaban J connectivity index is 4.27. The van der Waals surface area contributed by atoms with Crippen molar-refractivity contribution in [3.05, 3.63) is 0 Å². The third-order valence-electron chi connectivity index (χ3n) is 2.36. The minimum Gasteiger partial charge on any atom is -0.252 e. The first-order chi connectivity index (χ1) is 5.67. The Hall–Kier alpha value is -0.0800. The van der Waals surface area contributed by atoms with Crippen LogP contribution in [0.3, 0.4) is 0 Å². The van der Waals surface area contributed by atoms with Crippen molar-refractivity contribution in [2.24, 2.45) is 16.7 Å². The van der Waals surface area contributed by atoms with Gasteiger partial charge in [0.1, 0.15) is 0 Å². The first-order valence-corrected chi connectivity index (χ1v) is 4.93. The van der Waals surface area contributed by atoms with Crippen molar-refractivity contribution in [2.45, 2.75) is 48.0 Å². The molecule has 0 bridgehead atoms. The second kappa shape index (κ2) is 4.43. The van der Waals surface area contributed by atoms with Gasteiger partial charge in [-0.1, -0.05) is 41.5 Å². The molecule has 0 saturated carbocycles. The molecule has 0 aromatic heterocycles. The van der Waals surface area contributed by atoms with Crippen molar-refractivity contribution in [2.75, 3.05) is 6.61 Å². The van der Waals surface area contributed by atoms with Crippen molar-refractivity contribution in [1.82, 2.24) is 0 Å². The van der Waals surface area contributed by atoms with E-state index in [4.69, 9.17) is 5.26 Å². The van der Waals surface area contributed by atoms with Gasteiger partial charge in [0.05, 0.1) is 6.61 Å². The second-order valence-electron chi connectivity index (χ2n) is 6.12. The van der Waals surface area contributed by atoms with Crippen LogP contribution in [0.2, 0.25) is 0 Å². The van der Waals surface area contributed by atoms with Gasteiger partial charge in [-0.05, 0) is 23.2 Å². The highest BCUT2D eigenvalue weighted by Gasteiger charge is 2.29. The largest absolute Gasteiger partial charge is 0.252 e. The summed E-state index contributed by atoms with van der Waals surface area (Å²) in [5.74, 6) is 0.400. The Labute approximate surface area is 82.2 Å². The maximum Gasteiger partial charge on any atom is 0.0853 e. The lowest BCUT2D eigenvalue weighted by atomic mass is 9.72. The van der Waals surface area contributed by atoms with Crippen LogP contribution in [0, 0.1) is 16.7 Å². The van der Waals surface area contributed by atoms with Crippen LogP contribution in [0.1, 0.15) is 48.0 Å². The van der Waals surface area contributed by atoms with E-state index in [0.29, 0.717) is 12.5 Å². The highest BCUT2D eigenvalue weighted by atomic mass is 17.1. The molecule has 13 heavy (non-hydrogen) atoms. The van der Waals surface area contributed by atoms with Gasteiger partial charge in [-0.25, -0.2) is 4.89 Å². The topological polar surface area (TPSA) is 29.5 Å². The van der Waals surface area contributed by atoms with E-state index in [9.17, 15) is 0 Å². The minimum atomic E-state index is 0.190. The summed E-state index contributed by atoms with van der Waals surface area (Å²) in [4.78, 5) is 4.28. The van der Waals surface area contributed by atoms with Crippen molar-refractivity contribution in [3.63, 3.8) is 0 Å². The van der Waals surface area contributed by atoms with Crippen LogP contribution in [0.5, 0.6) is 0 Å². The van der Waals surface area contributed by atoms with Gasteiger partial charge in [-0.3, -0.25) is 5.26 Å². The molecule has 1 N–H and O–H groups in total. The second-order valence-corrected chi connectivity index (χ2v) is 6.12. The molecule has 0 amide bonds. The molecule has 0 aliphatic heterocycles. The van der Waals surface area contributed by atoms with Crippen LogP contribution in [0.4, 0.5) is 0 Å². The monoisotopic (exact) mass is 188 g/mol. The van der Waals surface area contributed by atoms with Gasteiger partial charge in [0, 0.05) is 0 Å². The Kier molecular flexibility index (Phi) is 4.40. The predicted octanol–water partition coefficient (Wildman–Crippen LogP) is 3.57. The molecule has 0 aliphatic carbocycles. The zero-order chi connectivity index (χ0) is 10.7. The molecule has 80 valence electrons. The Morgan fingerprint density at radius 2 is 1.54 bits per heavy atom. The molecule has 2 nitrogen and oxygen atoms in total. The van der Waals surface area contributed by atoms with Gasteiger partial charge >= 0.3 is 0 Å². The normalized spacial score (nSPS) is 15.9. The van der Waals surface area contributed by atoms with E-state index in [1.165, 1.54) is 0 Å². The fourth-order valence-electron chi connectivity index (χ4n) is 1.44. The summed E-state index contributed by atoms with van der Waals surface area (Å²) in [5, 5.41) is 8.50. The maximum absolute atomic E-state index is 8.50.